The number of aryl methyl sites for hydroxylation is 2. The lowest BCUT2D eigenvalue weighted by Gasteiger charge is -2.05. The predicted octanol–water partition coefficient (Wildman–Crippen LogP) is 3.86. The molecule has 0 unspecified atom stereocenters. The maximum absolute atomic E-state index is 12.9. The van der Waals surface area contributed by atoms with Gasteiger partial charge >= 0.3 is 6.55 Å². The van der Waals surface area contributed by atoms with Crippen molar-refractivity contribution in [2.75, 3.05) is 0 Å². The summed E-state index contributed by atoms with van der Waals surface area (Å²) in [7, 11) is 0. The zero-order valence-electron chi connectivity index (χ0n) is 12.5. The van der Waals surface area contributed by atoms with Gasteiger partial charge in [0.25, 0.3) is 0 Å². The van der Waals surface area contributed by atoms with Gasteiger partial charge in [-0.25, -0.2) is 14.3 Å². The number of halogens is 3. The second-order valence-corrected chi connectivity index (χ2v) is 5.60. The maximum atomic E-state index is 12.9. The van der Waals surface area contributed by atoms with E-state index in [9.17, 15) is 8.78 Å². The largest absolute Gasteiger partial charge is 0.333 e. The molecule has 0 atom stereocenters. The quantitative estimate of drug-likeness (QED) is 0.726. The third-order valence-corrected chi connectivity index (χ3v) is 3.57. The highest BCUT2D eigenvalue weighted by atomic mass is 35.5. The van der Waals surface area contributed by atoms with Gasteiger partial charge in [-0.2, -0.15) is 19.0 Å². The smallest absolute Gasteiger partial charge is 0.240 e. The molecule has 0 aliphatic heterocycles. The van der Waals surface area contributed by atoms with Gasteiger partial charge in [0, 0.05) is 10.7 Å². The van der Waals surface area contributed by atoms with Gasteiger partial charge in [0.1, 0.15) is 11.5 Å². The van der Waals surface area contributed by atoms with E-state index in [4.69, 9.17) is 11.6 Å². The van der Waals surface area contributed by atoms with Crippen LogP contribution < -0.4 is 0 Å². The lowest BCUT2D eigenvalue weighted by molar-refractivity contribution is 0.0546. The standard InChI is InChI=1S/C15H14ClF2N5/c1-9-6-13(21-23(9)15(17)18)14-19-10(2)20-22(14)8-11-4-3-5-12(16)7-11/h3-7,15H,8H2,1-2H3. The summed E-state index contributed by atoms with van der Waals surface area (Å²) in [5.41, 5.74) is 1.67. The van der Waals surface area contributed by atoms with Crippen LogP contribution in [0.5, 0.6) is 0 Å². The van der Waals surface area contributed by atoms with Gasteiger partial charge < -0.3 is 0 Å². The van der Waals surface area contributed by atoms with Gasteiger partial charge in [-0.15, -0.1) is 0 Å². The van der Waals surface area contributed by atoms with Crippen molar-refractivity contribution >= 4 is 11.6 Å². The van der Waals surface area contributed by atoms with Crippen molar-refractivity contribution < 1.29 is 8.78 Å². The molecule has 0 saturated heterocycles. The van der Waals surface area contributed by atoms with Crippen molar-refractivity contribution in [3.8, 4) is 11.5 Å². The zero-order chi connectivity index (χ0) is 16.6. The van der Waals surface area contributed by atoms with Crippen molar-refractivity contribution in [1.29, 1.82) is 0 Å². The summed E-state index contributed by atoms with van der Waals surface area (Å²) < 4.78 is 28.1. The monoisotopic (exact) mass is 337 g/mol. The van der Waals surface area contributed by atoms with Gasteiger partial charge in [-0.1, -0.05) is 23.7 Å². The van der Waals surface area contributed by atoms with Gasteiger partial charge in [0.2, 0.25) is 0 Å². The molecule has 0 bridgehead atoms. The minimum atomic E-state index is -2.69. The Labute approximate surface area is 136 Å². The minimum absolute atomic E-state index is 0.366. The van der Waals surface area contributed by atoms with Crippen LogP contribution in [0.3, 0.4) is 0 Å². The Kier molecular flexibility index (Phi) is 4.12. The number of hydrogen-bond acceptors (Lipinski definition) is 3. The predicted molar refractivity (Wildman–Crippen MR) is 82.5 cm³/mol. The second kappa shape index (κ2) is 6.08. The van der Waals surface area contributed by atoms with Crippen LogP contribution in [0.15, 0.2) is 30.3 Å². The van der Waals surface area contributed by atoms with Crippen LogP contribution in [0.1, 0.15) is 23.6 Å². The van der Waals surface area contributed by atoms with Gasteiger partial charge in [0.15, 0.2) is 5.82 Å². The molecular formula is C15H14ClF2N5. The number of nitrogens with zero attached hydrogens (tertiary/aromatic N) is 5. The highest BCUT2D eigenvalue weighted by Crippen LogP contribution is 2.22. The third kappa shape index (κ3) is 3.24. The summed E-state index contributed by atoms with van der Waals surface area (Å²) in [4.78, 5) is 4.31. The first-order valence-corrected chi connectivity index (χ1v) is 7.32. The normalized spacial score (nSPS) is 11.4. The number of alkyl halides is 2. The molecule has 0 fully saturated rings. The molecule has 2 aromatic heterocycles. The van der Waals surface area contributed by atoms with E-state index in [0.717, 1.165) is 5.56 Å². The van der Waals surface area contributed by atoms with Crippen LogP contribution in [0, 0.1) is 13.8 Å². The van der Waals surface area contributed by atoms with E-state index in [1.807, 2.05) is 18.2 Å². The fourth-order valence-electron chi connectivity index (χ4n) is 2.36. The third-order valence-electron chi connectivity index (χ3n) is 3.34. The molecule has 0 spiro atoms. The summed E-state index contributed by atoms with van der Waals surface area (Å²) in [6, 6.07) is 8.94. The number of rotatable bonds is 4. The number of benzene rings is 1. The SMILES string of the molecule is Cc1nc(-c2cc(C)n(C(F)F)n2)n(Cc2cccc(Cl)c2)n1. The van der Waals surface area contributed by atoms with Gasteiger partial charge in [-0.3, -0.25) is 0 Å². The van der Waals surface area contributed by atoms with Crippen molar-refractivity contribution in [2.24, 2.45) is 0 Å². The van der Waals surface area contributed by atoms with Crippen LogP contribution >= 0.6 is 11.6 Å². The fourth-order valence-corrected chi connectivity index (χ4v) is 2.57. The van der Waals surface area contributed by atoms with Gasteiger partial charge in [0.05, 0.1) is 6.54 Å². The maximum Gasteiger partial charge on any atom is 0.333 e. The average molecular weight is 338 g/mol. The Balaban J connectivity index is 1.99. The minimum Gasteiger partial charge on any atom is -0.240 e. The first-order chi connectivity index (χ1) is 10.9. The lowest BCUT2D eigenvalue weighted by Crippen LogP contribution is -2.06. The summed E-state index contributed by atoms with van der Waals surface area (Å²) in [6.07, 6.45) is 0. The summed E-state index contributed by atoms with van der Waals surface area (Å²) in [6.45, 7) is 1.06. The van der Waals surface area contributed by atoms with E-state index in [2.05, 4.69) is 15.2 Å². The van der Waals surface area contributed by atoms with Crippen molar-refractivity contribution in [3.05, 3.63) is 52.4 Å². The van der Waals surface area contributed by atoms with Crippen LogP contribution in [0.25, 0.3) is 11.5 Å². The molecule has 5 nitrogen and oxygen atoms in total. The van der Waals surface area contributed by atoms with E-state index in [1.54, 1.807) is 30.7 Å². The van der Waals surface area contributed by atoms with Crippen molar-refractivity contribution in [3.63, 3.8) is 0 Å². The molecule has 3 rings (SSSR count). The summed E-state index contributed by atoms with van der Waals surface area (Å²) in [5.74, 6) is 0.997. The molecule has 2 heterocycles. The number of aromatic nitrogens is 5. The highest BCUT2D eigenvalue weighted by molar-refractivity contribution is 6.30. The Bertz CT molecular complexity index is 840. The molecule has 0 aliphatic rings. The Hall–Kier alpha value is -2.28. The van der Waals surface area contributed by atoms with Crippen LogP contribution in [-0.4, -0.2) is 24.5 Å². The molecule has 8 heteroatoms. The van der Waals surface area contributed by atoms with E-state index >= 15 is 0 Å². The van der Waals surface area contributed by atoms with Crippen LogP contribution in [-0.2, 0) is 6.54 Å². The molecule has 0 radical (unpaired) electrons. The lowest BCUT2D eigenvalue weighted by atomic mass is 10.2. The summed E-state index contributed by atoms with van der Waals surface area (Å²) >= 11 is 5.99. The first-order valence-electron chi connectivity index (χ1n) is 6.94. The fraction of sp³-hybridized carbons (Fsp3) is 0.267. The van der Waals surface area contributed by atoms with Crippen LogP contribution in [0.4, 0.5) is 8.78 Å². The van der Waals surface area contributed by atoms with E-state index in [0.29, 0.717) is 39.3 Å². The average Bonchev–Trinajstić information content (AvgIpc) is 3.02. The summed E-state index contributed by atoms with van der Waals surface area (Å²) in [5, 5.41) is 8.88. The molecule has 3 aromatic rings. The molecule has 0 amide bonds. The molecule has 120 valence electrons. The first kappa shape index (κ1) is 15.6. The Morgan fingerprint density at radius 2 is 1.96 bits per heavy atom. The molecule has 0 aliphatic carbocycles. The van der Waals surface area contributed by atoms with E-state index in [-0.39, 0.29) is 0 Å². The number of hydrogen-bond donors (Lipinski definition) is 0. The second-order valence-electron chi connectivity index (χ2n) is 5.16. The van der Waals surface area contributed by atoms with Gasteiger partial charge in [-0.05, 0) is 37.6 Å². The van der Waals surface area contributed by atoms with E-state index in [1.165, 1.54) is 0 Å². The topological polar surface area (TPSA) is 48.5 Å². The van der Waals surface area contributed by atoms with Crippen molar-refractivity contribution in [1.82, 2.24) is 24.5 Å². The molecule has 1 aromatic carbocycles. The molecular weight excluding hydrogens is 324 g/mol. The molecule has 0 N–H and O–H groups in total. The molecule has 23 heavy (non-hydrogen) atoms. The molecule has 0 saturated carbocycles. The van der Waals surface area contributed by atoms with E-state index < -0.39 is 6.55 Å². The van der Waals surface area contributed by atoms with Crippen LogP contribution in [0.2, 0.25) is 5.02 Å². The highest BCUT2D eigenvalue weighted by Gasteiger charge is 2.18. The Morgan fingerprint density at radius 1 is 1.17 bits per heavy atom. The Morgan fingerprint density at radius 3 is 2.61 bits per heavy atom. The van der Waals surface area contributed by atoms with Crippen molar-refractivity contribution in [2.45, 2.75) is 26.9 Å². The zero-order valence-corrected chi connectivity index (χ0v) is 13.3.